The Bertz CT molecular complexity index is 1100. The number of anilines is 1. The van der Waals surface area contributed by atoms with Crippen LogP contribution in [0.5, 0.6) is 5.75 Å². The van der Waals surface area contributed by atoms with Crippen molar-refractivity contribution in [1.82, 2.24) is 5.32 Å². The number of nitrogens with one attached hydrogen (secondary N) is 1. The van der Waals surface area contributed by atoms with Crippen LogP contribution in [0.25, 0.3) is 0 Å². The number of methoxy groups -OCH3 is 1. The average Bonchev–Trinajstić information content (AvgIpc) is 3.36. The van der Waals surface area contributed by atoms with E-state index in [0.29, 0.717) is 17.0 Å². The van der Waals surface area contributed by atoms with Gasteiger partial charge in [-0.3, -0.25) is 14.5 Å². The molecule has 0 bridgehead atoms. The summed E-state index contributed by atoms with van der Waals surface area (Å²) in [4.78, 5) is 29.9. The second-order valence-electron chi connectivity index (χ2n) is 8.52. The fourth-order valence-corrected chi connectivity index (χ4v) is 5.14. The van der Waals surface area contributed by atoms with E-state index in [0.717, 1.165) is 30.6 Å². The van der Waals surface area contributed by atoms with Crippen LogP contribution in [-0.2, 0) is 16.0 Å². The second-order valence-corrected chi connectivity index (χ2v) is 9.55. The maximum Gasteiger partial charge on any atom is 0.248 e. The fourth-order valence-electron chi connectivity index (χ4n) is 4.44. The molecule has 1 fully saturated rings. The Labute approximate surface area is 203 Å². The van der Waals surface area contributed by atoms with Crippen LogP contribution in [0.1, 0.15) is 48.6 Å². The summed E-state index contributed by atoms with van der Waals surface area (Å²) in [7, 11) is 1.57. The van der Waals surface area contributed by atoms with Gasteiger partial charge in [0.25, 0.3) is 0 Å². The fraction of sp³-hybridized carbons (Fsp3) is 0.333. The summed E-state index contributed by atoms with van der Waals surface area (Å²) in [6, 6.07) is 15.9. The van der Waals surface area contributed by atoms with E-state index in [4.69, 9.17) is 4.74 Å². The number of carbonyl (C=O) groups is 2. The van der Waals surface area contributed by atoms with Crippen LogP contribution in [0, 0.1) is 5.82 Å². The molecule has 4 rings (SSSR count). The van der Waals surface area contributed by atoms with Gasteiger partial charge in [-0.05, 0) is 66.2 Å². The molecule has 0 spiro atoms. The van der Waals surface area contributed by atoms with Gasteiger partial charge in [0.15, 0.2) is 0 Å². The zero-order chi connectivity index (χ0) is 23.9. The molecular weight excluding hydrogens is 451 g/mol. The highest BCUT2D eigenvalue weighted by Crippen LogP contribution is 2.32. The molecule has 2 amide bonds. The third-order valence-corrected chi connectivity index (χ3v) is 7.02. The highest BCUT2D eigenvalue weighted by molar-refractivity contribution is 7.10. The Morgan fingerprint density at radius 1 is 1.09 bits per heavy atom. The molecule has 0 radical (unpaired) electrons. The van der Waals surface area contributed by atoms with E-state index in [1.54, 1.807) is 31.4 Å². The topological polar surface area (TPSA) is 58.6 Å². The molecule has 7 heteroatoms. The predicted molar refractivity (Wildman–Crippen MR) is 133 cm³/mol. The molecule has 1 aliphatic carbocycles. The Morgan fingerprint density at radius 2 is 1.85 bits per heavy atom. The molecule has 0 saturated heterocycles. The number of halogens is 1. The molecule has 1 aromatic heterocycles. The predicted octanol–water partition coefficient (Wildman–Crippen LogP) is 5.66. The zero-order valence-electron chi connectivity index (χ0n) is 19.2. The van der Waals surface area contributed by atoms with E-state index in [-0.39, 0.29) is 24.3 Å². The molecule has 3 aromatic rings. The van der Waals surface area contributed by atoms with Crippen LogP contribution in [0.4, 0.5) is 10.1 Å². The lowest BCUT2D eigenvalue weighted by Gasteiger charge is -2.33. The van der Waals surface area contributed by atoms with Crippen molar-refractivity contribution in [1.29, 1.82) is 0 Å². The van der Waals surface area contributed by atoms with Crippen LogP contribution in [0.2, 0.25) is 0 Å². The largest absolute Gasteiger partial charge is 0.497 e. The van der Waals surface area contributed by atoms with E-state index in [9.17, 15) is 14.0 Å². The quantitative estimate of drug-likeness (QED) is 0.453. The van der Waals surface area contributed by atoms with Gasteiger partial charge >= 0.3 is 0 Å². The van der Waals surface area contributed by atoms with Crippen LogP contribution in [0.15, 0.2) is 66.0 Å². The van der Waals surface area contributed by atoms with Crippen LogP contribution >= 0.6 is 11.3 Å². The first kappa shape index (κ1) is 24.0. The van der Waals surface area contributed by atoms with Gasteiger partial charge in [-0.1, -0.05) is 37.5 Å². The van der Waals surface area contributed by atoms with Gasteiger partial charge in [-0.25, -0.2) is 4.39 Å². The smallest absolute Gasteiger partial charge is 0.248 e. The molecule has 5 nitrogen and oxygen atoms in total. The van der Waals surface area contributed by atoms with Gasteiger partial charge in [-0.2, -0.15) is 0 Å². The van der Waals surface area contributed by atoms with Crippen molar-refractivity contribution in [3.63, 3.8) is 0 Å². The van der Waals surface area contributed by atoms with E-state index in [1.165, 1.54) is 34.8 Å². The molecule has 1 atom stereocenters. The standard InChI is InChI=1S/C27H29FN2O3S/c1-33-23-10-5-7-19(17-23)26(27(32)29-21-8-3-2-4-9-21)30(22-14-12-20(28)13-15-22)25(31)18-24-11-6-16-34-24/h5-7,10-17,21,26H,2-4,8-9,18H2,1H3,(H,29,32)/t26-/m1/s1. The van der Waals surface area contributed by atoms with Crippen molar-refractivity contribution >= 4 is 28.8 Å². The summed E-state index contributed by atoms with van der Waals surface area (Å²) in [6.45, 7) is 0. The molecule has 0 aliphatic heterocycles. The van der Waals surface area contributed by atoms with Gasteiger partial charge in [0, 0.05) is 16.6 Å². The first-order chi connectivity index (χ1) is 16.5. The lowest BCUT2D eigenvalue weighted by atomic mass is 9.94. The molecule has 34 heavy (non-hydrogen) atoms. The Morgan fingerprint density at radius 3 is 2.53 bits per heavy atom. The number of ether oxygens (including phenoxy) is 1. The van der Waals surface area contributed by atoms with Gasteiger partial charge in [0.2, 0.25) is 11.8 Å². The number of rotatable bonds is 8. The van der Waals surface area contributed by atoms with E-state index < -0.39 is 11.9 Å². The number of hydrogen-bond acceptors (Lipinski definition) is 4. The normalized spacial score (nSPS) is 14.9. The zero-order valence-corrected chi connectivity index (χ0v) is 20.0. The number of benzene rings is 2. The average molecular weight is 481 g/mol. The van der Waals surface area contributed by atoms with E-state index in [1.807, 2.05) is 29.6 Å². The summed E-state index contributed by atoms with van der Waals surface area (Å²) in [5.41, 5.74) is 1.10. The van der Waals surface area contributed by atoms with Gasteiger partial charge in [0.1, 0.15) is 17.6 Å². The van der Waals surface area contributed by atoms with Crippen molar-refractivity contribution < 1.29 is 18.7 Å². The van der Waals surface area contributed by atoms with Gasteiger partial charge < -0.3 is 10.1 Å². The highest BCUT2D eigenvalue weighted by Gasteiger charge is 2.34. The first-order valence-corrected chi connectivity index (χ1v) is 12.5. The summed E-state index contributed by atoms with van der Waals surface area (Å²) < 4.78 is 19.1. The Hall–Kier alpha value is -3.19. The molecule has 1 N–H and O–H groups in total. The summed E-state index contributed by atoms with van der Waals surface area (Å²) >= 11 is 1.49. The number of amides is 2. The number of nitrogens with zero attached hydrogens (tertiary/aromatic N) is 1. The molecule has 1 saturated carbocycles. The van der Waals surface area contributed by atoms with Crippen molar-refractivity contribution in [2.45, 2.75) is 50.6 Å². The van der Waals surface area contributed by atoms with Crippen molar-refractivity contribution in [3.8, 4) is 5.75 Å². The van der Waals surface area contributed by atoms with Gasteiger partial charge in [-0.15, -0.1) is 11.3 Å². The Kier molecular flexibility index (Phi) is 7.95. The van der Waals surface area contributed by atoms with Crippen molar-refractivity contribution in [3.05, 3.63) is 82.3 Å². The SMILES string of the molecule is COc1cccc([C@H](C(=O)NC2CCCCC2)N(C(=O)Cc2cccs2)c2ccc(F)cc2)c1. The van der Waals surface area contributed by atoms with Crippen LogP contribution in [-0.4, -0.2) is 25.0 Å². The minimum atomic E-state index is -0.921. The minimum Gasteiger partial charge on any atom is -0.497 e. The maximum absolute atomic E-state index is 13.8. The number of hydrogen-bond donors (Lipinski definition) is 1. The summed E-state index contributed by atoms with van der Waals surface area (Å²) in [5.74, 6) is -0.290. The van der Waals surface area contributed by atoms with Crippen molar-refractivity contribution in [2.75, 3.05) is 12.0 Å². The van der Waals surface area contributed by atoms with Crippen molar-refractivity contribution in [2.24, 2.45) is 0 Å². The molecule has 1 heterocycles. The Balaban J connectivity index is 1.75. The molecule has 0 unspecified atom stereocenters. The molecule has 1 aliphatic rings. The third-order valence-electron chi connectivity index (χ3n) is 6.15. The maximum atomic E-state index is 13.8. The lowest BCUT2D eigenvalue weighted by Crippen LogP contribution is -2.47. The molecular formula is C27H29FN2O3S. The summed E-state index contributed by atoms with van der Waals surface area (Å²) in [6.07, 6.45) is 5.33. The highest BCUT2D eigenvalue weighted by atomic mass is 32.1. The van der Waals surface area contributed by atoms with Crippen LogP contribution < -0.4 is 15.0 Å². The third kappa shape index (κ3) is 5.83. The summed E-state index contributed by atoms with van der Waals surface area (Å²) in [5, 5.41) is 5.10. The van der Waals surface area contributed by atoms with Gasteiger partial charge in [0.05, 0.1) is 13.5 Å². The monoisotopic (exact) mass is 480 g/mol. The first-order valence-electron chi connectivity index (χ1n) is 11.6. The lowest BCUT2D eigenvalue weighted by molar-refractivity contribution is -0.127. The van der Waals surface area contributed by atoms with E-state index >= 15 is 0 Å². The number of thiophene rings is 1. The molecule has 2 aromatic carbocycles. The van der Waals surface area contributed by atoms with E-state index in [2.05, 4.69) is 5.32 Å². The minimum absolute atomic E-state index is 0.0804. The number of carbonyl (C=O) groups excluding carboxylic acids is 2. The second kappa shape index (κ2) is 11.3. The molecule has 178 valence electrons. The van der Waals surface area contributed by atoms with Crippen LogP contribution in [0.3, 0.4) is 0 Å².